The highest BCUT2D eigenvalue weighted by Gasteiger charge is 2.11. The van der Waals surface area contributed by atoms with Crippen molar-refractivity contribution in [3.05, 3.63) is 40.3 Å². The highest BCUT2D eigenvalue weighted by molar-refractivity contribution is 7.93. The van der Waals surface area contributed by atoms with Gasteiger partial charge in [0.1, 0.15) is 0 Å². The summed E-state index contributed by atoms with van der Waals surface area (Å²) in [4.78, 5) is 12.3. The predicted octanol–water partition coefficient (Wildman–Crippen LogP) is 1.91. The fourth-order valence-electron chi connectivity index (χ4n) is 0.989. The quantitative estimate of drug-likeness (QED) is 0.924. The number of benzene rings is 1. The summed E-state index contributed by atoms with van der Waals surface area (Å²) in [7, 11) is -0.885. The maximum Gasteiger partial charge on any atom is 0.330 e. The molecule has 1 N–H and O–H groups in total. The van der Waals surface area contributed by atoms with Crippen molar-refractivity contribution >= 4 is 33.7 Å². The molecule has 0 radical (unpaired) electrons. The second kappa shape index (κ2) is 5.88. The number of urea groups is 1. The van der Waals surface area contributed by atoms with E-state index in [-0.39, 0.29) is 0 Å². The summed E-state index contributed by atoms with van der Waals surface area (Å²) >= 11 is 5.70. The number of nitrogens with one attached hydrogen (secondary N) is 1. The molecule has 5 nitrogen and oxygen atoms in total. The van der Waals surface area contributed by atoms with E-state index in [1.807, 2.05) is 4.72 Å². The molecule has 0 aliphatic heterocycles. The zero-order chi connectivity index (χ0) is 13.8. The van der Waals surface area contributed by atoms with E-state index in [0.29, 0.717) is 10.6 Å². The van der Waals surface area contributed by atoms with Gasteiger partial charge in [-0.2, -0.15) is 0 Å². The highest BCUT2D eigenvalue weighted by Crippen LogP contribution is 2.11. The SMILES string of the molecule is CN(C)C(=O)NS(=O)(=O)C=Cc1ccc(Cl)cc1. The van der Waals surface area contributed by atoms with Gasteiger partial charge in [0.25, 0.3) is 10.0 Å². The van der Waals surface area contributed by atoms with Crippen LogP contribution >= 0.6 is 11.6 Å². The van der Waals surface area contributed by atoms with Crippen molar-refractivity contribution in [2.75, 3.05) is 14.1 Å². The topological polar surface area (TPSA) is 66.5 Å². The van der Waals surface area contributed by atoms with Gasteiger partial charge >= 0.3 is 6.03 Å². The molecule has 0 aromatic heterocycles. The molecule has 0 saturated heterocycles. The van der Waals surface area contributed by atoms with Gasteiger partial charge in [-0.25, -0.2) is 17.9 Å². The molecule has 0 fully saturated rings. The van der Waals surface area contributed by atoms with Crippen LogP contribution < -0.4 is 4.72 Å². The second-order valence-electron chi connectivity index (χ2n) is 3.70. The number of carbonyl (C=O) groups excluding carboxylic acids is 1. The van der Waals surface area contributed by atoms with E-state index < -0.39 is 16.1 Å². The van der Waals surface area contributed by atoms with E-state index in [9.17, 15) is 13.2 Å². The van der Waals surface area contributed by atoms with Crippen molar-refractivity contribution in [3.63, 3.8) is 0 Å². The molecular formula is C11H13ClN2O3S. The van der Waals surface area contributed by atoms with Crippen molar-refractivity contribution in [2.24, 2.45) is 0 Å². The van der Waals surface area contributed by atoms with Crippen molar-refractivity contribution in [3.8, 4) is 0 Å². The summed E-state index contributed by atoms with van der Waals surface area (Å²) in [6.07, 6.45) is 1.38. The van der Waals surface area contributed by atoms with E-state index in [2.05, 4.69) is 0 Å². The van der Waals surface area contributed by atoms with Gasteiger partial charge < -0.3 is 4.90 Å². The van der Waals surface area contributed by atoms with Gasteiger partial charge in [-0.1, -0.05) is 23.7 Å². The second-order valence-corrected chi connectivity index (χ2v) is 5.70. The lowest BCUT2D eigenvalue weighted by Crippen LogP contribution is -2.37. The lowest BCUT2D eigenvalue weighted by atomic mass is 10.2. The van der Waals surface area contributed by atoms with Gasteiger partial charge in [-0.05, 0) is 23.8 Å². The van der Waals surface area contributed by atoms with E-state index in [1.165, 1.54) is 20.2 Å². The first-order valence-electron chi connectivity index (χ1n) is 4.98. The molecule has 0 aliphatic rings. The molecule has 0 saturated carbocycles. The van der Waals surface area contributed by atoms with Crippen molar-refractivity contribution < 1.29 is 13.2 Å². The van der Waals surface area contributed by atoms with Crippen LogP contribution in [0, 0.1) is 0 Å². The first-order chi connectivity index (χ1) is 8.30. The number of amides is 2. The maximum absolute atomic E-state index is 11.5. The van der Waals surface area contributed by atoms with Gasteiger partial charge in [0.2, 0.25) is 0 Å². The van der Waals surface area contributed by atoms with Gasteiger partial charge in [0, 0.05) is 19.1 Å². The molecule has 7 heteroatoms. The van der Waals surface area contributed by atoms with Crippen molar-refractivity contribution in [1.82, 2.24) is 9.62 Å². The summed E-state index contributed by atoms with van der Waals surface area (Å²) in [5.41, 5.74) is 0.669. The van der Waals surface area contributed by atoms with Crippen LogP contribution in [0.2, 0.25) is 5.02 Å². The Hall–Kier alpha value is -1.53. The molecule has 0 spiro atoms. The Morgan fingerprint density at radius 3 is 2.33 bits per heavy atom. The van der Waals surface area contributed by atoms with E-state index in [1.54, 1.807) is 24.3 Å². The van der Waals surface area contributed by atoms with Gasteiger partial charge in [-0.15, -0.1) is 0 Å². The summed E-state index contributed by atoms with van der Waals surface area (Å²) in [5.74, 6) is 0. The number of carbonyl (C=O) groups is 1. The average molecular weight is 289 g/mol. The predicted molar refractivity (Wildman–Crippen MR) is 71.6 cm³/mol. The first-order valence-corrected chi connectivity index (χ1v) is 6.90. The third-order valence-corrected chi connectivity index (χ3v) is 3.15. The zero-order valence-electron chi connectivity index (χ0n) is 9.92. The third-order valence-electron chi connectivity index (χ3n) is 1.95. The Balaban J connectivity index is 2.77. The number of sulfonamides is 1. The van der Waals surface area contributed by atoms with Crippen LogP contribution in [0.25, 0.3) is 6.08 Å². The zero-order valence-corrected chi connectivity index (χ0v) is 11.5. The molecule has 18 heavy (non-hydrogen) atoms. The minimum Gasteiger partial charge on any atom is -0.330 e. The Morgan fingerprint density at radius 2 is 1.83 bits per heavy atom. The average Bonchev–Trinajstić information content (AvgIpc) is 2.27. The van der Waals surface area contributed by atoms with Crippen LogP contribution in [-0.4, -0.2) is 33.4 Å². The lowest BCUT2D eigenvalue weighted by molar-refractivity contribution is 0.223. The normalized spacial score (nSPS) is 11.5. The molecule has 0 bridgehead atoms. The van der Waals surface area contributed by atoms with Crippen LogP contribution in [-0.2, 0) is 10.0 Å². The molecule has 0 heterocycles. The van der Waals surface area contributed by atoms with Gasteiger partial charge in [-0.3, -0.25) is 0 Å². The third kappa shape index (κ3) is 4.77. The number of rotatable bonds is 3. The van der Waals surface area contributed by atoms with Crippen LogP contribution in [0.1, 0.15) is 5.56 Å². The van der Waals surface area contributed by atoms with Crippen LogP contribution in [0.4, 0.5) is 4.79 Å². The van der Waals surface area contributed by atoms with E-state index in [0.717, 1.165) is 10.3 Å². The van der Waals surface area contributed by atoms with E-state index >= 15 is 0 Å². The van der Waals surface area contributed by atoms with Gasteiger partial charge in [0.05, 0.1) is 5.41 Å². The van der Waals surface area contributed by atoms with Crippen molar-refractivity contribution in [1.29, 1.82) is 0 Å². The Kier molecular flexibility index (Phi) is 4.75. The fraction of sp³-hybridized carbons (Fsp3) is 0.182. The molecule has 1 aromatic rings. The number of halogens is 1. The summed E-state index contributed by atoms with van der Waals surface area (Å²) < 4.78 is 24.9. The Bertz CT molecular complexity index is 550. The number of hydrogen-bond donors (Lipinski definition) is 1. The summed E-state index contributed by atoms with van der Waals surface area (Å²) in [6, 6.07) is 5.93. The smallest absolute Gasteiger partial charge is 0.330 e. The molecule has 0 unspecified atom stereocenters. The lowest BCUT2D eigenvalue weighted by Gasteiger charge is -2.10. The molecule has 1 aromatic carbocycles. The van der Waals surface area contributed by atoms with Crippen molar-refractivity contribution in [2.45, 2.75) is 0 Å². The number of hydrogen-bond acceptors (Lipinski definition) is 3. The molecular weight excluding hydrogens is 276 g/mol. The summed E-state index contributed by atoms with van der Waals surface area (Å²) in [6.45, 7) is 0. The molecule has 98 valence electrons. The minimum absolute atomic E-state index is 0.566. The Labute approximate surface area is 111 Å². The molecule has 0 atom stereocenters. The monoisotopic (exact) mass is 288 g/mol. The maximum atomic E-state index is 11.5. The highest BCUT2D eigenvalue weighted by atomic mass is 35.5. The largest absolute Gasteiger partial charge is 0.330 e. The molecule has 1 rings (SSSR count). The standard InChI is InChI=1S/C11H13ClN2O3S/c1-14(2)11(15)13-18(16,17)8-7-9-3-5-10(12)6-4-9/h3-8H,1-2H3,(H,13,15). The van der Waals surface area contributed by atoms with E-state index in [4.69, 9.17) is 11.6 Å². The van der Waals surface area contributed by atoms with Gasteiger partial charge in [0.15, 0.2) is 0 Å². The Morgan fingerprint density at radius 1 is 1.28 bits per heavy atom. The van der Waals surface area contributed by atoms with Crippen LogP contribution in [0.5, 0.6) is 0 Å². The molecule has 2 amide bonds. The van der Waals surface area contributed by atoms with Crippen LogP contribution in [0.3, 0.4) is 0 Å². The minimum atomic E-state index is -3.79. The van der Waals surface area contributed by atoms with Crippen LogP contribution in [0.15, 0.2) is 29.7 Å². The summed E-state index contributed by atoms with van der Waals surface area (Å²) in [5, 5.41) is 1.49. The fourth-order valence-corrected chi connectivity index (χ4v) is 1.95. The first kappa shape index (κ1) is 14.5. The molecule has 0 aliphatic carbocycles. The number of nitrogens with zero attached hydrogens (tertiary/aromatic N) is 1.